The average Bonchev–Trinajstić information content (AvgIpc) is 3.18. The maximum absolute atomic E-state index is 12.7. The minimum atomic E-state index is -0.549. The summed E-state index contributed by atoms with van der Waals surface area (Å²) < 4.78 is 0. The molecule has 1 atom stereocenters. The number of benzene rings is 1. The lowest BCUT2D eigenvalue weighted by Crippen LogP contribution is -2.52. The second-order valence-corrected chi connectivity index (χ2v) is 8.01. The molecule has 2 fully saturated rings. The van der Waals surface area contributed by atoms with Gasteiger partial charge in [0.2, 0.25) is 11.8 Å². The summed E-state index contributed by atoms with van der Waals surface area (Å²) in [4.78, 5) is 37.7. The zero-order chi connectivity index (χ0) is 18.3. The van der Waals surface area contributed by atoms with Crippen molar-refractivity contribution in [2.24, 2.45) is 0 Å². The van der Waals surface area contributed by atoms with Crippen LogP contribution in [-0.2, 0) is 22.7 Å². The van der Waals surface area contributed by atoms with Crippen molar-refractivity contribution in [1.29, 1.82) is 0 Å². The van der Waals surface area contributed by atoms with E-state index >= 15 is 0 Å². The Balaban J connectivity index is 1.46. The van der Waals surface area contributed by atoms with Crippen LogP contribution in [0.4, 0.5) is 0 Å². The van der Waals surface area contributed by atoms with Crippen LogP contribution in [0.25, 0.3) is 0 Å². The van der Waals surface area contributed by atoms with Crippen molar-refractivity contribution in [2.75, 3.05) is 0 Å². The molecule has 1 aliphatic carbocycles. The maximum Gasteiger partial charge on any atom is 0.255 e. The van der Waals surface area contributed by atoms with E-state index in [2.05, 4.69) is 23.6 Å². The van der Waals surface area contributed by atoms with Crippen LogP contribution >= 0.6 is 0 Å². The third-order valence-corrected chi connectivity index (χ3v) is 6.01. The van der Waals surface area contributed by atoms with Crippen molar-refractivity contribution in [1.82, 2.24) is 15.5 Å². The Hall–Kier alpha value is -2.21. The summed E-state index contributed by atoms with van der Waals surface area (Å²) >= 11 is 0. The van der Waals surface area contributed by atoms with E-state index in [1.165, 1.54) is 25.7 Å². The number of imide groups is 1. The summed E-state index contributed by atoms with van der Waals surface area (Å²) in [6.07, 6.45) is 5.66. The fraction of sp³-hybridized carbons (Fsp3) is 0.550. The third kappa shape index (κ3) is 3.14. The first kappa shape index (κ1) is 17.2. The van der Waals surface area contributed by atoms with Crippen LogP contribution in [0.1, 0.15) is 66.9 Å². The molecule has 1 unspecified atom stereocenters. The molecule has 138 valence electrons. The number of carbonyl (C=O) groups is 3. The lowest BCUT2D eigenvalue weighted by Gasteiger charge is -2.29. The lowest BCUT2D eigenvalue weighted by molar-refractivity contribution is -0.136. The molecule has 4 rings (SSSR count). The van der Waals surface area contributed by atoms with Crippen LogP contribution in [0.3, 0.4) is 0 Å². The number of hydrogen-bond acceptors (Lipinski definition) is 4. The van der Waals surface area contributed by atoms with Crippen LogP contribution < -0.4 is 10.6 Å². The third-order valence-electron chi connectivity index (χ3n) is 6.01. The first-order valence-corrected chi connectivity index (χ1v) is 9.47. The summed E-state index contributed by atoms with van der Waals surface area (Å²) in [7, 11) is 0. The fourth-order valence-electron chi connectivity index (χ4n) is 4.39. The number of piperidine rings is 1. The quantitative estimate of drug-likeness (QED) is 0.808. The molecule has 3 amide bonds. The molecular formula is C20H25N3O3. The second-order valence-electron chi connectivity index (χ2n) is 8.01. The van der Waals surface area contributed by atoms with Gasteiger partial charge in [-0.15, -0.1) is 0 Å². The molecule has 2 heterocycles. The first-order chi connectivity index (χ1) is 12.5. The first-order valence-electron chi connectivity index (χ1n) is 9.47. The van der Waals surface area contributed by atoms with Gasteiger partial charge in [-0.05, 0) is 43.4 Å². The predicted molar refractivity (Wildman–Crippen MR) is 96.2 cm³/mol. The van der Waals surface area contributed by atoms with E-state index in [9.17, 15) is 14.4 Å². The molecule has 2 N–H and O–H groups in total. The van der Waals surface area contributed by atoms with Gasteiger partial charge in [-0.1, -0.05) is 25.0 Å². The van der Waals surface area contributed by atoms with Crippen LogP contribution in [0.5, 0.6) is 0 Å². The van der Waals surface area contributed by atoms with Gasteiger partial charge in [0.25, 0.3) is 5.91 Å². The smallest absolute Gasteiger partial charge is 0.255 e. The van der Waals surface area contributed by atoms with Gasteiger partial charge < -0.3 is 10.2 Å². The number of rotatable bonds is 4. The van der Waals surface area contributed by atoms with Crippen molar-refractivity contribution >= 4 is 17.7 Å². The molecule has 1 aromatic carbocycles. The Morgan fingerprint density at radius 1 is 1.23 bits per heavy atom. The highest BCUT2D eigenvalue weighted by molar-refractivity contribution is 6.05. The van der Waals surface area contributed by atoms with Crippen molar-refractivity contribution in [3.8, 4) is 0 Å². The Morgan fingerprint density at radius 3 is 2.73 bits per heavy atom. The highest BCUT2D eigenvalue weighted by atomic mass is 16.2. The largest absolute Gasteiger partial charge is 0.322 e. The van der Waals surface area contributed by atoms with Crippen molar-refractivity contribution in [2.45, 2.75) is 70.1 Å². The maximum atomic E-state index is 12.7. The van der Waals surface area contributed by atoms with E-state index in [-0.39, 0.29) is 29.7 Å². The minimum absolute atomic E-state index is 0.114. The van der Waals surface area contributed by atoms with E-state index in [0.717, 1.165) is 17.7 Å². The summed E-state index contributed by atoms with van der Waals surface area (Å²) in [5.41, 5.74) is 3.02. The SMILES string of the molecule is CC1(NCc2ccc3c(c2)CN(C2CCC(=O)NC2=O)C3=O)CCCC1. The van der Waals surface area contributed by atoms with Gasteiger partial charge in [0.1, 0.15) is 6.04 Å². The summed E-state index contributed by atoms with van der Waals surface area (Å²) in [6, 6.07) is 5.39. The Morgan fingerprint density at radius 2 is 2.00 bits per heavy atom. The van der Waals surface area contributed by atoms with Crippen LogP contribution in [0.15, 0.2) is 18.2 Å². The summed E-state index contributed by atoms with van der Waals surface area (Å²) in [5, 5.41) is 6.00. The number of fused-ring (bicyclic) bond motifs is 1. The van der Waals surface area contributed by atoms with Crippen molar-refractivity contribution < 1.29 is 14.4 Å². The Labute approximate surface area is 153 Å². The molecule has 6 heteroatoms. The molecule has 6 nitrogen and oxygen atoms in total. The van der Waals surface area contributed by atoms with Crippen LogP contribution in [0, 0.1) is 0 Å². The van der Waals surface area contributed by atoms with E-state index in [1.807, 2.05) is 12.1 Å². The molecule has 0 aromatic heterocycles. The molecule has 1 saturated heterocycles. The number of amides is 3. The van der Waals surface area contributed by atoms with Gasteiger partial charge in [0.05, 0.1) is 0 Å². The molecule has 0 spiro atoms. The average molecular weight is 355 g/mol. The number of nitrogens with one attached hydrogen (secondary N) is 2. The highest BCUT2D eigenvalue weighted by Crippen LogP contribution is 2.31. The molecule has 26 heavy (non-hydrogen) atoms. The fourth-order valence-corrected chi connectivity index (χ4v) is 4.39. The molecule has 0 bridgehead atoms. The summed E-state index contributed by atoms with van der Waals surface area (Å²) in [5.74, 6) is -0.737. The van der Waals surface area contributed by atoms with Crippen LogP contribution in [-0.4, -0.2) is 34.2 Å². The molecule has 0 radical (unpaired) electrons. The van der Waals surface area contributed by atoms with Gasteiger partial charge in [0.15, 0.2) is 0 Å². The number of hydrogen-bond donors (Lipinski definition) is 2. The van der Waals surface area contributed by atoms with Gasteiger partial charge in [-0.2, -0.15) is 0 Å². The van der Waals surface area contributed by atoms with Gasteiger partial charge in [-0.3, -0.25) is 19.7 Å². The van der Waals surface area contributed by atoms with E-state index in [0.29, 0.717) is 18.5 Å². The summed E-state index contributed by atoms with van der Waals surface area (Å²) in [6.45, 7) is 3.50. The predicted octanol–water partition coefficient (Wildman–Crippen LogP) is 1.87. The van der Waals surface area contributed by atoms with Gasteiger partial charge in [-0.25, -0.2) is 0 Å². The molecule has 1 aromatic rings. The Kier molecular flexibility index (Phi) is 4.31. The monoisotopic (exact) mass is 355 g/mol. The minimum Gasteiger partial charge on any atom is -0.322 e. The lowest BCUT2D eigenvalue weighted by atomic mass is 9.99. The molecule has 2 aliphatic heterocycles. The second kappa shape index (κ2) is 6.50. The van der Waals surface area contributed by atoms with E-state index in [1.54, 1.807) is 4.90 Å². The normalized spacial score (nSPS) is 24.7. The van der Waals surface area contributed by atoms with Crippen LogP contribution in [0.2, 0.25) is 0 Å². The zero-order valence-electron chi connectivity index (χ0n) is 15.1. The van der Waals surface area contributed by atoms with Crippen molar-refractivity contribution in [3.63, 3.8) is 0 Å². The molecule has 3 aliphatic rings. The molecular weight excluding hydrogens is 330 g/mol. The zero-order valence-corrected chi connectivity index (χ0v) is 15.1. The van der Waals surface area contributed by atoms with Gasteiger partial charge in [0, 0.05) is 30.6 Å². The number of carbonyl (C=O) groups excluding carboxylic acids is 3. The van der Waals surface area contributed by atoms with Crippen molar-refractivity contribution in [3.05, 3.63) is 34.9 Å². The topological polar surface area (TPSA) is 78.5 Å². The number of nitrogens with zero attached hydrogens (tertiary/aromatic N) is 1. The van der Waals surface area contributed by atoms with E-state index in [4.69, 9.17) is 0 Å². The van der Waals surface area contributed by atoms with E-state index < -0.39 is 6.04 Å². The molecule has 1 saturated carbocycles. The Bertz CT molecular complexity index is 768. The van der Waals surface area contributed by atoms with Gasteiger partial charge >= 0.3 is 0 Å². The standard InChI is InChI=1S/C20H25N3O3/c1-20(8-2-3-9-20)21-11-13-4-5-15-14(10-13)12-23(19(15)26)16-6-7-17(24)22-18(16)25/h4-5,10,16,21H,2-3,6-9,11-12H2,1H3,(H,22,24,25). The highest BCUT2D eigenvalue weighted by Gasteiger charge is 2.39.